The number of aromatic nitrogens is 4. The fraction of sp³-hybridized carbons (Fsp3) is 0.492. The summed E-state index contributed by atoms with van der Waals surface area (Å²) in [5, 5.41) is 21.7. The maximum Gasteiger partial charge on any atom is 0.324 e. The molecule has 7 heterocycles. The Morgan fingerprint density at radius 1 is 0.964 bits per heavy atom. The van der Waals surface area contributed by atoms with Crippen molar-refractivity contribution in [2.75, 3.05) is 51.2 Å². The van der Waals surface area contributed by atoms with Crippen LogP contribution in [-0.4, -0.2) is 136 Å². The number of hydrogen-bond donors (Lipinski definition) is 4. The lowest BCUT2D eigenvalue weighted by Gasteiger charge is -2.37. The molecule has 442 valence electrons. The number of phenolic OH excluding ortho intramolecular Hbond substituents is 1. The van der Waals surface area contributed by atoms with Crippen LogP contribution in [-0.2, 0) is 69.2 Å². The number of esters is 1. The quantitative estimate of drug-likeness (QED) is 0.0638. The van der Waals surface area contributed by atoms with Crippen molar-refractivity contribution in [1.82, 2.24) is 40.0 Å². The number of benzene rings is 3. The van der Waals surface area contributed by atoms with E-state index in [0.717, 1.165) is 55.7 Å². The zero-order valence-electron chi connectivity index (χ0n) is 48.9. The molecule has 5 N–H and O–H groups in total. The number of fused-ring (bicyclic) bond motifs is 6. The molecule has 83 heavy (non-hydrogen) atoms. The fourth-order valence-electron chi connectivity index (χ4n) is 12.7. The normalized spacial score (nSPS) is 22.0. The van der Waals surface area contributed by atoms with Gasteiger partial charge in [-0.15, -0.1) is 0 Å². The van der Waals surface area contributed by atoms with Gasteiger partial charge < -0.3 is 39.8 Å². The summed E-state index contributed by atoms with van der Waals surface area (Å²) >= 11 is 0. The Balaban J connectivity index is 1.03. The SMILES string of the molecule is CCn1c(-c2cc(-c3cnn(CC4CCS(=O)(=O)CC4)c3)cnc2C(C)OC)c2c3cc(ccc31)-c1cc(O)cc(c1)CC(NC(=O)C(C(C)C)N(C)C(=O)C1OCCC1c1ccc(N)cc1)C(=O)N1CCCC(N1)C(=O)OCC(C)(C)C2. The summed E-state index contributed by atoms with van der Waals surface area (Å²) < 4.78 is 46.9. The number of nitrogens with zero attached hydrogens (tertiary/aromatic N) is 6. The van der Waals surface area contributed by atoms with E-state index in [1.165, 1.54) is 9.91 Å². The van der Waals surface area contributed by atoms with E-state index in [1.807, 2.05) is 68.3 Å². The Bertz CT molecular complexity index is 3510. The summed E-state index contributed by atoms with van der Waals surface area (Å²) in [7, 11) is 0.254. The highest BCUT2D eigenvalue weighted by Crippen LogP contribution is 2.44. The van der Waals surface area contributed by atoms with E-state index in [2.05, 4.69) is 54.3 Å². The number of anilines is 1. The molecular weight excluding hydrogens is 1070 g/mol. The number of aromatic hydroxyl groups is 1. The van der Waals surface area contributed by atoms with Crippen molar-refractivity contribution in [3.63, 3.8) is 0 Å². The lowest BCUT2D eigenvalue weighted by Crippen LogP contribution is -2.62. The minimum atomic E-state index is -3.00. The first-order valence-electron chi connectivity index (χ1n) is 29.1. The van der Waals surface area contributed by atoms with Crippen LogP contribution in [0, 0.1) is 17.3 Å². The van der Waals surface area contributed by atoms with Crippen LogP contribution in [0.4, 0.5) is 5.69 Å². The second kappa shape index (κ2) is 24.2. The van der Waals surface area contributed by atoms with Crippen molar-refractivity contribution in [3.05, 3.63) is 108 Å². The molecule has 0 radical (unpaired) electrons. The second-order valence-electron chi connectivity index (χ2n) is 24.3. The zero-order valence-corrected chi connectivity index (χ0v) is 49.7. The highest BCUT2D eigenvalue weighted by Gasteiger charge is 2.43. The summed E-state index contributed by atoms with van der Waals surface area (Å²) in [6, 6.07) is 17.9. The average Bonchev–Trinajstić information content (AvgIpc) is 3.28. The Morgan fingerprint density at radius 3 is 2.45 bits per heavy atom. The largest absolute Gasteiger partial charge is 0.508 e. The minimum Gasteiger partial charge on any atom is -0.508 e. The van der Waals surface area contributed by atoms with Gasteiger partial charge >= 0.3 is 5.97 Å². The number of nitrogen functional groups attached to an aromatic ring is 1. The van der Waals surface area contributed by atoms with Crippen molar-refractivity contribution >= 4 is 50.1 Å². The average molecular weight is 1150 g/mol. The predicted octanol–water partition coefficient (Wildman–Crippen LogP) is 7.78. The van der Waals surface area contributed by atoms with Crippen molar-refractivity contribution in [2.24, 2.45) is 17.3 Å². The lowest BCUT2D eigenvalue weighted by molar-refractivity contribution is -0.155. The van der Waals surface area contributed by atoms with Crippen LogP contribution in [0.2, 0.25) is 0 Å². The zero-order chi connectivity index (χ0) is 59.1. The second-order valence-corrected chi connectivity index (χ2v) is 26.6. The molecule has 6 aromatic rings. The van der Waals surface area contributed by atoms with Gasteiger partial charge in [-0.05, 0) is 134 Å². The number of hydrogen-bond acceptors (Lipinski definition) is 14. The Labute approximate surface area is 486 Å². The molecule has 6 bridgehead atoms. The Kier molecular flexibility index (Phi) is 17.2. The third-order valence-corrected chi connectivity index (χ3v) is 18.9. The number of pyridine rings is 1. The van der Waals surface area contributed by atoms with Crippen molar-refractivity contribution < 1.29 is 46.9 Å². The van der Waals surface area contributed by atoms with Gasteiger partial charge in [-0.25, -0.2) is 13.8 Å². The number of rotatable bonds is 13. The van der Waals surface area contributed by atoms with Crippen LogP contribution < -0.4 is 16.5 Å². The number of methoxy groups -OCH3 is 1. The number of hydrazine groups is 1. The molecule has 4 aliphatic rings. The first-order chi connectivity index (χ1) is 39.6. The summed E-state index contributed by atoms with van der Waals surface area (Å²) in [5.74, 6) is -1.99. The molecule has 6 unspecified atom stereocenters. The van der Waals surface area contributed by atoms with Gasteiger partial charge in [0.25, 0.3) is 11.8 Å². The summed E-state index contributed by atoms with van der Waals surface area (Å²) in [6.07, 6.45) is 7.54. The number of aryl methyl sites for hydroxylation is 1. The maximum atomic E-state index is 15.0. The molecule has 3 aromatic carbocycles. The first kappa shape index (κ1) is 59.0. The van der Waals surface area contributed by atoms with Gasteiger partial charge in [0.15, 0.2) is 0 Å². The highest BCUT2D eigenvalue weighted by atomic mass is 32.2. The first-order valence-corrected chi connectivity index (χ1v) is 31.0. The molecule has 3 amide bonds. The van der Waals surface area contributed by atoms with Crippen LogP contribution >= 0.6 is 0 Å². The number of likely N-dealkylation sites (N-methyl/N-ethyl adjacent to an activating group) is 1. The van der Waals surface area contributed by atoms with Gasteiger partial charge in [-0.1, -0.05) is 52.0 Å². The van der Waals surface area contributed by atoms with Gasteiger partial charge in [0, 0.05) is 104 Å². The van der Waals surface area contributed by atoms with Crippen LogP contribution in [0.15, 0.2) is 85.3 Å². The van der Waals surface area contributed by atoms with E-state index >= 15 is 0 Å². The molecule has 3 saturated heterocycles. The van der Waals surface area contributed by atoms with E-state index in [-0.39, 0.29) is 60.5 Å². The van der Waals surface area contributed by atoms with E-state index < -0.39 is 63.4 Å². The molecule has 0 aliphatic carbocycles. The van der Waals surface area contributed by atoms with Crippen molar-refractivity contribution in [3.8, 4) is 39.3 Å². The maximum absolute atomic E-state index is 15.0. The number of phenols is 1. The van der Waals surface area contributed by atoms with Crippen molar-refractivity contribution in [2.45, 2.75) is 136 Å². The molecule has 3 aromatic heterocycles. The molecule has 6 atom stereocenters. The molecule has 4 aliphatic heterocycles. The number of carbonyl (C=O) groups excluding carboxylic acids is 4. The van der Waals surface area contributed by atoms with Gasteiger partial charge in [-0.2, -0.15) is 5.10 Å². The number of nitrogens with one attached hydrogen (secondary N) is 2. The van der Waals surface area contributed by atoms with E-state index in [0.29, 0.717) is 75.0 Å². The summed E-state index contributed by atoms with van der Waals surface area (Å²) in [5.41, 5.74) is 18.2. The van der Waals surface area contributed by atoms with E-state index in [4.69, 9.17) is 30.0 Å². The van der Waals surface area contributed by atoms with Crippen LogP contribution in [0.3, 0.4) is 0 Å². The van der Waals surface area contributed by atoms with Gasteiger partial charge in [0.1, 0.15) is 39.8 Å². The van der Waals surface area contributed by atoms with Crippen LogP contribution in [0.25, 0.3) is 44.4 Å². The number of cyclic esters (lactones) is 1. The number of nitrogens with two attached hydrogens (primary N) is 1. The van der Waals surface area contributed by atoms with E-state index in [1.54, 1.807) is 38.4 Å². The molecule has 10 rings (SSSR count). The number of carbonyl (C=O) groups is 4. The van der Waals surface area contributed by atoms with E-state index in [9.17, 15) is 32.7 Å². The fourth-order valence-corrected chi connectivity index (χ4v) is 14.3. The third kappa shape index (κ3) is 12.7. The molecule has 19 nitrogen and oxygen atoms in total. The summed E-state index contributed by atoms with van der Waals surface area (Å²) in [6.45, 7) is 13.8. The molecular formula is C63H79N9O10S. The van der Waals surface area contributed by atoms with Gasteiger partial charge in [0.05, 0.1) is 41.8 Å². The monoisotopic (exact) mass is 1150 g/mol. The number of ether oxygens (including phenoxy) is 3. The Hall–Kier alpha value is -7.13. The molecule has 0 spiro atoms. The predicted molar refractivity (Wildman–Crippen MR) is 317 cm³/mol. The minimum absolute atomic E-state index is 0.0368. The topological polar surface area (TPSA) is 243 Å². The van der Waals surface area contributed by atoms with Crippen LogP contribution in [0.5, 0.6) is 5.75 Å². The summed E-state index contributed by atoms with van der Waals surface area (Å²) in [4.78, 5) is 65.1. The molecule has 0 saturated carbocycles. The van der Waals surface area contributed by atoms with Gasteiger partial charge in [0.2, 0.25) is 5.91 Å². The number of sulfone groups is 1. The molecule has 3 fully saturated rings. The number of amides is 3. The smallest absolute Gasteiger partial charge is 0.324 e. The highest BCUT2D eigenvalue weighted by molar-refractivity contribution is 7.91. The standard InChI is InChI=1S/C63H79N9O10S/c1-9-71-54-17-14-42-29-49(54)51(57(71)50-30-44(32-65-55(50)38(4)80-8)45-33-66-70(35-45)34-39-19-23-83(78,79)24-20-39)31-63(5,6)36-82-62(77)52-11-10-21-72(68-52)60(75)53(27-40-25-43(42)28-47(73)26-40)67-59(74)56(37(2)3)69(7)61(76)58-48(18-22-81-58)41-12-15-46(64)16-13-41/h12-17,25-26,28-30,32-33,35,37-39,48,52-53,56,58,68,73H,9-11,18-24,27,31,34,36,64H2,1-8H3,(H,67,74). The Morgan fingerprint density at radius 2 is 1.72 bits per heavy atom. The lowest BCUT2D eigenvalue weighted by atomic mass is 9.83. The van der Waals surface area contributed by atoms with Crippen LogP contribution in [0.1, 0.15) is 108 Å². The molecule has 20 heteroatoms. The van der Waals surface area contributed by atoms with Crippen molar-refractivity contribution in [1.29, 1.82) is 0 Å². The van der Waals surface area contributed by atoms with Gasteiger partial charge in [-0.3, -0.25) is 33.9 Å². The third-order valence-electron chi connectivity index (χ3n) is 17.2.